The summed E-state index contributed by atoms with van der Waals surface area (Å²) >= 11 is 9.34. The van der Waals surface area contributed by atoms with Crippen molar-refractivity contribution < 1.29 is 0 Å². The van der Waals surface area contributed by atoms with E-state index in [1.807, 2.05) is 0 Å². The molecule has 2 unspecified atom stereocenters. The molecule has 0 spiro atoms. The van der Waals surface area contributed by atoms with Gasteiger partial charge in [-0.15, -0.1) is 0 Å². The normalized spacial score (nSPS) is 21.6. The van der Waals surface area contributed by atoms with Crippen molar-refractivity contribution in [1.82, 2.24) is 9.97 Å². The molecule has 0 saturated heterocycles. The third-order valence-electron chi connectivity index (χ3n) is 3.95. The number of nitrogen functional groups attached to an aromatic ring is 1. The Morgan fingerprint density at radius 2 is 2.24 bits per heavy atom. The van der Waals surface area contributed by atoms with Gasteiger partial charge < -0.3 is 0 Å². The first-order chi connectivity index (χ1) is 10.1. The van der Waals surface area contributed by atoms with Gasteiger partial charge >= 0.3 is 150 Å². The van der Waals surface area contributed by atoms with Crippen LogP contribution in [-0.4, -0.2) is 24.5 Å². The Labute approximate surface area is 149 Å². The molecule has 0 amide bonds. The average Bonchev–Trinajstić information content (AvgIpc) is 3.05. The van der Waals surface area contributed by atoms with Gasteiger partial charge in [-0.3, -0.25) is 0 Å². The minimum absolute atomic E-state index is 0.288. The van der Waals surface area contributed by atoms with Crippen LogP contribution in [0.15, 0.2) is 21.6 Å². The Kier molecular flexibility index (Phi) is 3.74. The van der Waals surface area contributed by atoms with Gasteiger partial charge in [-0.1, -0.05) is 0 Å². The summed E-state index contributed by atoms with van der Waals surface area (Å²) in [4.78, 5) is 9.16. The van der Waals surface area contributed by atoms with Crippen molar-refractivity contribution in [3.8, 4) is 0 Å². The summed E-state index contributed by atoms with van der Waals surface area (Å²) < 4.78 is 3.26. The second-order valence-electron chi connectivity index (χ2n) is 5.10. The first kappa shape index (κ1) is 14.4. The molecular formula is C14H11Br2N3SSe. The molecule has 3 aromatic heterocycles. The van der Waals surface area contributed by atoms with Gasteiger partial charge in [0, 0.05) is 0 Å². The predicted molar refractivity (Wildman–Crippen MR) is 95.6 cm³/mol. The van der Waals surface area contributed by atoms with Crippen LogP contribution in [0.4, 0.5) is 5.82 Å². The van der Waals surface area contributed by atoms with E-state index in [-0.39, 0.29) is 14.5 Å². The number of alkyl halides is 1. The van der Waals surface area contributed by atoms with Crippen LogP contribution in [0.5, 0.6) is 0 Å². The molecule has 3 heterocycles. The van der Waals surface area contributed by atoms with E-state index < -0.39 is 0 Å². The fraction of sp³-hybridized carbons (Fsp3) is 0.286. The molecule has 0 saturated carbocycles. The van der Waals surface area contributed by atoms with E-state index in [4.69, 9.17) is 5.73 Å². The third kappa shape index (κ3) is 2.34. The van der Waals surface area contributed by atoms with E-state index in [2.05, 4.69) is 58.7 Å². The van der Waals surface area contributed by atoms with Crippen LogP contribution >= 0.6 is 43.2 Å². The van der Waals surface area contributed by atoms with Gasteiger partial charge in [-0.25, -0.2) is 0 Å². The van der Waals surface area contributed by atoms with Crippen molar-refractivity contribution in [2.45, 2.75) is 23.6 Å². The fourth-order valence-electron chi connectivity index (χ4n) is 3.00. The van der Waals surface area contributed by atoms with Crippen LogP contribution in [0, 0.1) is 0 Å². The zero-order valence-electron chi connectivity index (χ0n) is 10.8. The second kappa shape index (κ2) is 5.46. The molecule has 4 rings (SSSR count). The van der Waals surface area contributed by atoms with Crippen molar-refractivity contribution in [2.24, 2.45) is 0 Å². The Hall–Kier alpha value is -0.201. The van der Waals surface area contributed by atoms with Crippen LogP contribution in [-0.2, 0) is 6.42 Å². The van der Waals surface area contributed by atoms with E-state index in [0.29, 0.717) is 21.3 Å². The summed E-state index contributed by atoms with van der Waals surface area (Å²) in [7, 11) is 0. The Bertz CT molecular complexity index is 815. The van der Waals surface area contributed by atoms with Crippen LogP contribution in [0.1, 0.15) is 32.7 Å². The number of hydrogen-bond donors (Lipinski definition) is 1. The van der Waals surface area contributed by atoms with Crippen molar-refractivity contribution in [1.29, 1.82) is 0 Å². The van der Waals surface area contributed by atoms with Gasteiger partial charge in [0.25, 0.3) is 0 Å². The molecule has 108 valence electrons. The number of hydrogen-bond acceptors (Lipinski definition) is 4. The van der Waals surface area contributed by atoms with Crippen LogP contribution in [0.3, 0.4) is 0 Å². The molecule has 3 aromatic rings. The first-order valence-electron chi connectivity index (χ1n) is 6.55. The van der Waals surface area contributed by atoms with E-state index in [9.17, 15) is 0 Å². The van der Waals surface area contributed by atoms with Gasteiger partial charge in [0.05, 0.1) is 0 Å². The quantitative estimate of drug-likeness (QED) is 0.314. The molecule has 21 heavy (non-hydrogen) atoms. The SMILES string of the molecule is Nc1nc(Br)nc2[se]c3c(c12)C(Br)C(c1ccsc1)CC3. The number of aromatic nitrogens is 2. The minimum atomic E-state index is 0.288. The fourth-order valence-corrected chi connectivity index (χ4v) is 8.38. The summed E-state index contributed by atoms with van der Waals surface area (Å²) in [6.07, 6.45) is 2.33. The molecule has 7 heteroatoms. The van der Waals surface area contributed by atoms with Crippen LogP contribution < -0.4 is 5.73 Å². The molecule has 0 bridgehead atoms. The number of thiophene rings is 1. The number of nitrogens with two attached hydrogens (primary N) is 1. The van der Waals surface area contributed by atoms with Gasteiger partial charge in [0.2, 0.25) is 0 Å². The van der Waals surface area contributed by atoms with Crippen molar-refractivity contribution in [2.75, 3.05) is 5.73 Å². The maximum atomic E-state index is 6.18. The Morgan fingerprint density at radius 3 is 3.00 bits per heavy atom. The summed E-state index contributed by atoms with van der Waals surface area (Å²) in [5.74, 6) is 1.12. The van der Waals surface area contributed by atoms with Crippen molar-refractivity contribution in [3.05, 3.63) is 37.1 Å². The monoisotopic (exact) mass is 491 g/mol. The molecule has 0 fully saturated rings. The first-order valence-corrected chi connectivity index (χ1v) is 10.9. The number of halogens is 2. The van der Waals surface area contributed by atoms with Crippen molar-refractivity contribution >= 4 is 73.3 Å². The summed E-state index contributed by atoms with van der Waals surface area (Å²) in [6.45, 7) is 0. The molecule has 1 aliphatic carbocycles. The molecule has 0 aromatic carbocycles. The van der Waals surface area contributed by atoms with Gasteiger partial charge in [-0.2, -0.15) is 0 Å². The third-order valence-corrected chi connectivity index (χ3v) is 8.53. The summed E-state index contributed by atoms with van der Waals surface area (Å²) in [6, 6.07) is 2.23. The average molecular weight is 492 g/mol. The van der Waals surface area contributed by atoms with E-state index in [1.165, 1.54) is 22.0 Å². The Balaban J connectivity index is 1.90. The molecule has 0 aliphatic heterocycles. The number of aryl methyl sites for hydroxylation is 1. The summed E-state index contributed by atoms with van der Waals surface area (Å²) in [5, 5.41) is 5.50. The molecular weight excluding hydrogens is 481 g/mol. The molecule has 1 aliphatic rings. The maximum absolute atomic E-state index is 6.18. The summed E-state index contributed by atoms with van der Waals surface area (Å²) in [5.41, 5.74) is 8.96. The van der Waals surface area contributed by atoms with E-state index >= 15 is 0 Å². The Morgan fingerprint density at radius 1 is 1.38 bits per heavy atom. The zero-order valence-corrected chi connectivity index (χ0v) is 16.5. The number of nitrogens with zero attached hydrogens (tertiary/aromatic N) is 2. The van der Waals surface area contributed by atoms with Gasteiger partial charge in [0.1, 0.15) is 0 Å². The topological polar surface area (TPSA) is 51.8 Å². The van der Waals surface area contributed by atoms with Crippen molar-refractivity contribution in [3.63, 3.8) is 0 Å². The van der Waals surface area contributed by atoms with E-state index in [0.717, 1.165) is 16.2 Å². The predicted octanol–water partition coefficient (Wildman–Crippen LogP) is 4.26. The van der Waals surface area contributed by atoms with Gasteiger partial charge in [-0.05, 0) is 0 Å². The zero-order chi connectivity index (χ0) is 14.6. The number of rotatable bonds is 1. The standard InChI is InChI=1S/C14H11Br2N3SSe/c15-11-7(6-3-4-20-5-6)1-2-8-9(11)10-12(17)18-14(16)19-13(10)21-8/h3-5,7,11H,1-2H2,(H2,17,18,19). The van der Waals surface area contributed by atoms with Crippen LogP contribution in [0.2, 0.25) is 0 Å². The molecule has 0 radical (unpaired) electrons. The molecule has 2 atom stereocenters. The second-order valence-corrected chi connectivity index (χ2v) is 9.85. The molecule has 2 N–H and O–H groups in total. The van der Waals surface area contributed by atoms with Gasteiger partial charge in [0.15, 0.2) is 0 Å². The van der Waals surface area contributed by atoms with Crippen LogP contribution in [0.25, 0.3) is 9.78 Å². The van der Waals surface area contributed by atoms with E-state index in [1.54, 1.807) is 11.3 Å². The number of fused-ring (bicyclic) bond motifs is 3. The number of anilines is 1. The molecule has 3 nitrogen and oxygen atoms in total.